The number of benzene rings is 2. The van der Waals surface area contributed by atoms with Gasteiger partial charge in [0, 0.05) is 43.6 Å². The third-order valence-electron chi connectivity index (χ3n) is 6.01. The van der Waals surface area contributed by atoms with Crippen molar-refractivity contribution in [1.82, 2.24) is 15.1 Å². The molecule has 6 nitrogen and oxygen atoms in total. The number of para-hydroxylation sites is 2. The molecule has 0 aliphatic carbocycles. The van der Waals surface area contributed by atoms with Gasteiger partial charge in [0.25, 0.3) is 5.91 Å². The van der Waals surface area contributed by atoms with Crippen LogP contribution in [0.3, 0.4) is 0 Å². The number of rotatable bonds is 3. The summed E-state index contributed by atoms with van der Waals surface area (Å²) in [5.41, 5.74) is 4.11. The SMILES string of the molecule is CC1Cc2ccccc2N1c1ccc(C(=O)N2CCN(c3ccccc3)CC2)nn1. The van der Waals surface area contributed by atoms with Crippen molar-refractivity contribution in [2.24, 2.45) is 0 Å². The van der Waals surface area contributed by atoms with Crippen LogP contribution in [-0.4, -0.2) is 53.2 Å². The van der Waals surface area contributed by atoms with E-state index in [1.807, 2.05) is 41.3 Å². The second kappa shape index (κ2) is 7.78. The summed E-state index contributed by atoms with van der Waals surface area (Å²) in [6, 6.07) is 22.8. The number of amides is 1. The fourth-order valence-corrected chi connectivity index (χ4v) is 4.45. The molecule has 1 fully saturated rings. The molecule has 1 saturated heterocycles. The van der Waals surface area contributed by atoms with Crippen molar-refractivity contribution in [2.45, 2.75) is 19.4 Å². The maximum atomic E-state index is 12.9. The number of piperazine rings is 1. The van der Waals surface area contributed by atoms with Crippen molar-refractivity contribution in [3.8, 4) is 0 Å². The molecule has 0 saturated carbocycles. The van der Waals surface area contributed by atoms with Gasteiger partial charge < -0.3 is 14.7 Å². The average Bonchev–Trinajstić information content (AvgIpc) is 3.15. The zero-order chi connectivity index (χ0) is 20.5. The highest BCUT2D eigenvalue weighted by Gasteiger charge is 2.29. The minimum absolute atomic E-state index is 0.0448. The van der Waals surface area contributed by atoms with Gasteiger partial charge in [-0.25, -0.2) is 0 Å². The van der Waals surface area contributed by atoms with E-state index >= 15 is 0 Å². The van der Waals surface area contributed by atoms with Gasteiger partial charge in [0.2, 0.25) is 0 Å². The van der Waals surface area contributed by atoms with Crippen LogP contribution in [0.1, 0.15) is 23.0 Å². The second-order valence-corrected chi connectivity index (χ2v) is 7.94. The van der Waals surface area contributed by atoms with Crippen molar-refractivity contribution < 1.29 is 4.79 Å². The van der Waals surface area contributed by atoms with Crippen LogP contribution in [0, 0.1) is 0 Å². The predicted octanol–water partition coefficient (Wildman–Crippen LogP) is 3.52. The van der Waals surface area contributed by atoms with Crippen LogP contribution in [0.4, 0.5) is 17.2 Å². The molecule has 0 spiro atoms. The molecular weight excluding hydrogens is 374 g/mol. The lowest BCUT2D eigenvalue weighted by Gasteiger charge is -2.36. The molecule has 6 heteroatoms. The van der Waals surface area contributed by atoms with Crippen molar-refractivity contribution in [3.05, 3.63) is 78.0 Å². The first-order valence-electron chi connectivity index (χ1n) is 10.5. The van der Waals surface area contributed by atoms with Crippen molar-refractivity contribution in [2.75, 3.05) is 36.0 Å². The highest BCUT2D eigenvalue weighted by atomic mass is 16.2. The molecule has 30 heavy (non-hydrogen) atoms. The Labute approximate surface area is 176 Å². The molecule has 5 rings (SSSR count). The van der Waals surface area contributed by atoms with E-state index in [2.05, 4.69) is 57.3 Å². The third kappa shape index (κ3) is 3.38. The van der Waals surface area contributed by atoms with Crippen LogP contribution in [0.25, 0.3) is 0 Å². The summed E-state index contributed by atoms with van der Waals surface area (Å²) in [7, 11) is 0. The maximum Gasteiger partial charge on any atom is 0.274 e. The molecule has 1 unspecified atom stereocenters. The lowest BCUT2D eigenvalue weighted by Crippen LogP contribution is -2.49. The monoisotopic (exact) mass is 399 g/mol. The third-order valence-corrected chi connectivity index (χ3v) is 6.01. The maximum absolute atomic E-state index is 12.9. The van der Waals surface area contributed by atoms with E-state index in [-0.39, 0.29) is 5.91 Å². The van der Waals surface area contributed by atoms with Gasteiger partial charge >= 0.3 is 0 Å². The Hall–Kier alpha value is -3.41. The van der Waals surface area contributed by atoms with Crippen LogP contribution in [0.15, 0.2) is 66.7 Å². The van der Waals surface area contributed by atoms with E-state index in [4.69, 9.17) is 0 Å². The Bertz CT molecular complexity index is 1030. The first kappa shape index (κ1) is 18.6. The van der Waals surface area contributed by atoms with Crippen LogP contribution in [-0.2, 0) is 6.42 Å². The van der Waals surface area contributed by atoms with E-state index in [1.54, 1.807) is 0 Å². The predicted molar refractivity (Wildman–Crippen MR) is 118 cm³/mol. The van der Waals surface area contributed by atoms with Crippen LogP contribution < -0.4 is 9.80 Å². The molecule has 0 N–H and O–H groups in total. The number of anilines is 3. The summed E-state index contributed by atoms with van der Waals surface area (Å²) in [6.07, 6.45) is 0.990. The Morgan fingerprint density at radius 1 is 0.867 bits per heavy atom. The summed E-state index contributed by atoms with van der Waals surface area (Å²) in [6.45, 7) is 5.21. The van der Waals surface area contributed by atoms with Gasteiger partial charge in [0.1, 0.15) is 0 Å². The first-order valence-corrected chi connectivity index (χ1v) is 10.5. The molecule has 2 aliphatic rings. The minimum atomic E-state index is -0.0448. The second-order valence-electron chi connectivity index (χ2n) is 7.94. The number of fused-ring (bicyclic) bond motifs is 1. The molecule has 3 aromatic rings. The van der Waals surface area contributed by atoms with Crippen molar-refractivity contribution >= 4 is 23.1 Å². The number of nitrogens with zero attached hydrogens (tertiary/aromatic N) is 5. The van der Waals surface area contributed by atoms with E-state index < -0.39 is 0 Å². The standard InChI is InChI=1S/C24H25N5O/c1-18-17-19-7-5-6-10-22(19)29(18)23-12-11-21(25-26-23)24(30)28-15-13-27(14-16-28)20-8-3-2-4-9-20/h2-12,18H,13-17H2,1H3. The Kier molecular flexibility index (Phi) is 4.83. The fraction of sp³-hybridized carbons (Fsp3) is 0.292. The molecule has 1 aromatic heterocycles. The van der Waals surface area contributed by atoms with E-state index in [9.17, 15) is 4.79 Å². The molecule has 1 atom stereocenters. The average molecular weight is 399 g/mol. The number of hydrogen-bond donors (Lipinski definition) is 0. The quantitative estimate of drug-likeness (QED) is 0.675. The van der Waals surface area contributed by atoms with Gasteiger partial charge in [-0.15, -0.1) is 10.2 Å². The number of aromatic nitrogens is 2. The number of carbonyl (C=O) groups excluding carboxylic acids is 1. The van der Waals surface area contributed by atoms with Crippen LogP contribution in [0.2, 0.25) is 0 Å². The normalized spacial score (nSPS) is 18.4. The van der Waals surface area contributed by atoms with E-state index in [1.165, 1.54) is 16.9 Å². The summed E-state index contributed by atoms with van der Waals surface area (Å²) in [5.74, 6) is 0.745. The summed E-state index contributed by atoms with van der Waals surface area (Å²) < 4.78 is 0. The molecule has 0 radical (unpaired) electrons. The Morgan fingerprint density at radius 3 is 2.33 bits per heavy atom. The zero-order valence-electron chi connectivity index (χ0n) is 17.1. The van der Waals surface area contributed by atoms with Gasteiger partial charge in [-0.3, -0.25) is 4.79 Å². The molecular formula is C24H25N5O. The molecule has 152 valence electrons. The fourth-order valence-electron chi connectivity index (χ4n) is 4.45. The molecule has 3 heterocycles. The first-order chi connectivity index (χ1) is 14.7. The topological polar surface area (TPSA) is 52.6 Å². The van der Waals surface area contributed by atoms with Crippen molar-refractivity contribution in [3.63, 3.8) is 0 Å². The molecule has 1 amide bonds. The van der Waals surface area contributed by atoms with Crippen LogP contribution in [0.5, 0.6) is 0 Å². The highest BCUT2D eigenvalue weighted by molar-refractivity contribution is 5.92. The zero-order valence-corrected chi connectivity index (χ0v) is 17.1. The smallest absolute Gasteiger partial charge is 0.274 e. The Balaban J connectivity index is 1.27. The van der Waals surface area contributed by atoms with Gasteiger partial charge in [0.15, 0.2) is 11.5 Å². The molecule has 0 bridgehead atoms. The lowest BCUT2D eigenvalue weighted by molar-refractivity contribution is 0.0739. The summed E-state index contributed by atoms with van der Waals surface area (Å²) in [5, 5.41) is 8.69. The van der Waals surface area contributed by atoms with Gasteiger partial charge in [-0.05, 0) is 49.2 Å². The largest absolute Gasteiger partial charge is 0.368 e. The summed E-state index contributed by atoms with van der Waals surface area (Å²) in [4.78, 5) is 19.3. The lowest BCUT2D eigenvalue weighted by atomic mass is 10.1. The van der Waals surface area contributed by atoms with E-state index in [0.29, 0.717) is 24.8 Å². The van der Waals surface area contributed by atoms with Crippen molar-refractivity contribution in [1.29, 1.82) is 0 Å². The van der Waals surface area contributed by atoms with Crippen LogP contribution >= 0.6 is 0 Å². The minimum Gasteiger partial charge on any atom is -0.368 e. The van der Waals surface area contributed by atoms with Gasteiger partial charge in [0.05, 0.1) is 0 Å². The number of carbonyl (C=O) groups is 1. The van der Waals surface area contributed by atoms with Gasteiger partial charge in [-0.2, -0.15) is 0 Å². The molecule has 2 aromatic carbocycles. The summed E-state index contributed by atoms with van der Waals surface area (Å²) >= 11 is 0. The highest BCUT2D eigenvalue weighted by Crippen LogP contribution is 2.36. The molecule has 2 aliphatic heterocycles. The van der Waals surface area contributed by atoms with Gasteiger partial charge in [-0.1, -0.05) is 36.4 Å². The van der Waals surface area contributed by atoms with E-state index in [0.717, 1.165) is 25.3 Å². The number of hydrogen-bond acceptors (Lipinski definition) is 5. The Morgan fingerprint density at radius 2 is 1.60 bits per heavy atom.